The highest BCUT2D eigenvalue weighted by Gasteiger charge is 2.34. The number of halogens is 2. The third-order valence-corrected chi connectivity index (χ3v) is 5.28. The van der Waals surface area contributed by atoms with Gasteiger partial charge in [-0.15, -0.1) is 0 Å². The molecule has 1 aromatic rings. The summed E-state index contributed by atoms with van der Waals surface area (Å²) >= 11 is 0. The highest BCUT2D eigenvalue weighted by atomic mass is 19.3. The summed E-state index contributed by atoms with van der Waals surface area (Å²) in [7, 11) is 0. The molecular formula is C25H34F2O4. The van der Waals surface area contributed by atoms with Gasteiger partial charge in [-0.25, -0.2) is 0 Å². The minimum absolute atomic E-state index is 0.0981. The van der Waals surface area contributed by atoms with Gasteiger partial charge in [0.05, 0.1) is 12.2 Å². The number of para-hydroxylation sites is 1. The summed E-state index contributed by atoms with van der Waals surface area (Å²) in [5, 5.41) is 10.2. The van der Waals surface area contributed by atoms with Crippen LogP contribution in [0.4, 0.5) is 8.78 Å². The average Bonchev–Trinajstić information content (AvgIpc) is 3.07. The highest BCUT2D eigenvalue weighted by Crippen LogP contribution is 2.36. The van der Waals surface area contributed by atoms with Gasteiger partial charge in [0, 0.05) is 12.3 Å². The van der Waals surface area contributed by atoms with Crippen molar-refractivity contribution in [3.8, 4) is 5.75 Å². The first-order valence-electron chi connectivity index (χ1n) is 11.0. The number of hydrogen-bond acceptors (Lipinski definition) is 4. The molecule has 3 atom stereocenters. The van der Waals surface area contributed by atoms with E-state index in [9.17, 15) is 18.7 Å². The molecule has 1 aliphatic carbocycles. The number of allylic oxidation sites excluding steroid dienone is 2. The fourth-order valence-electron chi connectivity index (χ4n) is 3.72. The Hall–Kier alpha value is -2.21. The first kappa shape index (κ1) is 25.1. The Morgan fingerprint density at radius 2 is 1.97 bits per heavy atom. The number of esters is 1. The first-order valence-corrected chi connectivity index (χ1v) is 11.0. The average molecular weight is 437 g/mol. The highest BCUT2D eigenvalue weighted by molar-refractivity contribution is 5.69. The van der Waals surface area contributed by atoms with Gasteiger partial charge in [-0.3, -0.25) is 4.79 Å². The Morgan fingerprint density at radius 3 is 2.68 bits per heavy atom. The zero-order chi connectivity index (χ0) is 22.7. The van der Waals surface area contributed by atoms with E-state index in [0.29, 0.717) is 31.4 Å². The third-order valence-electron chi connectivity index (χ3n) is 5.28. The molecule has 0 heterocycles. The molecule has 172 valence electrons. The lowest BCUT2D eigenvalue weighted by atomic mass is 9.90. The third kappa shape index (κ3) is 9.64. The Balaban J connectivity index is 1.77. The fraction of sp³-hybridized carbons (Fsp3) is 0.560. The number of carbonyl (C=O) groups excluding carboxylic acids is 1. The van der Waals surface area contributed by atoms with E-state index in [-0.39, 0.29) is 23.9 Å². The van der Waals surface area contributed by atoms with E-state index in [0.717, 1.165) is 18.9 Å². The lowest BCUT2D eigenvalue weighted by Gasteiger charge is -2.19. The number of aliphatic hydroxyl groups excluding tert-OH is 1. The van der Waals surface area contributed by atoms with E-state index >= 15 is 0 Å². The van der Waals surface area contributed by atoms with Crippen LogP contribution in [0.1, 0.15) is 52.4 Å². The normalized spacial score (nSPS) is 21.9. The van der Waals surface area contributed by atoms with E-state index in [1.54, 1.807) is 30.3 Å². The van der Waals surface area contributed by atoms with Gasteiger partial charge in [0.25, 0.3) is 5.92 Å². The predicted octanol–water partition coefficient (Wildman–Crippen LogP) is 5.71. The second-order valence-electron chi connectivity index (χ2n) is 8.34. The van der Waals surface area contributed by atoms with Crippen LogP contribution in [0.5, 0.6) is 5.75 Å². The van der Waals surface area contributed by atoms with Crippen LogP contribution in [0.2, 0.25) is 0 Å². The van der Waals surface area contributed by atoms with Crippen LogP contribution in [-0.2, 0) is 9.53 Å². The minimum atomic E-state index is -3.11. The molecule has 1 aromatic carbocycles. The van der Waals surface area contributed by atoms with Gasteiger partial charge in [-0.2, -0.15) is 8.78 Å². The van der Waals surface area contributed by atoms with Crippen molar-refractivity contribution < 1.29 is 28.2 Å². The van der Waals surface area contributed by atoms with Crippen LogP contribution in [0.25, 0.3) is 0 Å². The topological polar surface area (TPSA) is 55.8 Å². The van der Waals surface area contributed by atoms with E-state index in [1.165, 1.54) is 6.08 Å². The van der Waals surface area contributed by atoms with E-state index in [1.807, 2.05) is 26.0 Å². The fourth-order valence-corrected chi connectivity index (χ4v) is 3.72. The summed E-state index contributed by atoms with van der Waals surface area (Å²) in [6.07, 6.45) is 9.64. The van der Waals surface area contributed by atoms with Gasteiger partial charge in [0.2, 0.25) is 0 Å². The van der Waals surface area contributed by atoms with E-state index < -0.39 is 18.6 Å². The van der Waals surface area contributed by atoms with Crippen molar-refractivity contribution in [1.29, 1.82) is 0 Å². The molecule has 4 nitrogen and oxygen atoms in total. The molecule has 0 amide bonds. The van der Waals surface area contributed by atoms with Crippen molar-refractivity contribution in [2.75, 3.05) is 6.61 Å². The van der Waals surface area contributed by atoms with Gasteiger partial charge >= 0.3 is 5.97 Å². The zero-order valence-electron chi connectivity index (χ0n) is 18.4. The number of ether oxygens (including phenoxy) is 2. The SMILES string of the molecule is CC(C)OC(=O)CCC/C=C\C[C@H]1CC[C@@H](O)C1/C=C/C(F)(F)COc1ccccc1. The van der Waals surface area contributed by atoms with Crippen molar-refractivity contribution in [2.24, 2.45) is 11.8 Å². The second kappa shape index (κ2) is 12.6. The van der Waals surface area contributed by atoms with Gasteiger partial charge < -0.3 is 14.6 Å². The standard InChI is InChI=1S/C25H34F2O4/c1-19(2)31-24(29)13-9-4-3-6-10-20-14-15-23(28)22(20)16-17-25(26,27)18-30-21-11-7-5-8-12-21/h3,5-8,11-12,16-17,19-20,22-23,28H,4,9-10,13-15,18H2,1-2H3/b6-3-,17-16+/t20-,22?,23+/m0/s1. The quantitative estimate of drug-likeness (QED) is 0.259. The Morgan fingerprint density at radius 1 is 1.23 bits per heavy atom. The number of aliphatic hydroxyl groups is 1. The summed E-state index contributed by atoms with van der Waals surface area (Å²) < 4.78 is 38.7. The van der Waals surface area contributed by atoms with Crippen molar-refractivity contribution >= 4 is 5.97 Å². The lowest BCUT2D eigenvalue weighted by molar-refractivity contribution is -0.147. The molecule has 1 saturated carbocycles. The maximum Gasteiger partial charge on any atom is 0.306 e. The van der Waals surface area contributed by atoms with Crippen molar-refractivity contribution in [3.05, 3.63) is 54.6 Å². The first-order chi connectivity index (χ1) is 14.8. The molecule has 6 heteroatoms. The van der Waals surface area contributed by atoms with Crippen LogP contribution in [0, 0.1) is 11.8 Å². The number of carbonyl (C=O) groups is 1. The molecule has 1 N–H and O–H groups in total. The van der Waals surface area contributed by atoms with Gasteiger partial charge in [-0.1, -0.05) is 36.4 Å². The molecule has 31 heavy (non-hydrogen) atoms. The number of rotatable bonds is 12. The van der Waals surface area contributed by atoms with Crippen LogP contribution in [-0.4, -0.2) is 35.8 Å². The molecule has 1 unspecified atom stereocenters. The summed E-state index contributed by atoms with van der Waals surface area (Å²) in [4.78, 5) is 11.5. The van der Waals surface area contributed by atoms with Crippen molar-refractivity contribution in [1.82, 2.24) is 0 Å². The summed E-state index contributed by atoms with van der Waals surface area (Å²) in [6, 6.07) is 8.52. The molecule has 0 aliphatic heterocycles. The predicted molar refractivity (Wildman–Crippen MR) is 117 cm³/mol. The van der Waals surface area contributed by atoms with Crippen LogP contribution >= 0.6 is 0 Å². The molecule has 0 radical (unpaired) electrons. The summed E-state index contributed by atoms with van der Waals surface area (Å²) in [5.41, 5.74) is 0. The Labute approximate surface area is 183 Å². The Bertz CT molecular complexity index is 715. The maximum atomic E-state index is 14.2. The maximum absolute atomic E-state index is 14.2. The molecule has 1 fully saturated rings. The number of hydrogen-bond donors (Lipinski definition) is 1. The van der Waals surface area contributed by atoms with Gasteiger partial charge in [-0.05, 0) is 70.1 Å². The van der Waals surface area contributed by atoms with Crippen LogP contribution in [0.3, 0.4) is 0 Å². The molecule has 0 bridgehead atoms. The van der Waals surface area contributed by atoms with E-state index in [4.69, 9.17) is 9.47 Å². The van der Waals surface area contributed by atoms with Crippen LogP contribution < -0.4 is 4.74 Å². The van der Waals surface area contributed by atoms with E-state index in [2.05, 4.69) is 0 Å². The molecular weight excluding hydrogens is 402 g/mol. The molecule has 1 aliphatic rings. The smallest absolute Gasteiger partial charge is 0.306 e. The second-order valence-corrected chi connectivity index (χ2v) is 8.34. The largest absolute Gasteiger partial charge is 0.487 e. The molecule has 0 spiro atoms. The Kier molecular flexibility index (Phi) is 10.2. The van der Waals surface area contributed by atoms with Gasteiger partial charge in [0.15, 0.2) is 6.61 Å². The molecule has 0 saturated heterocycles. The number of unbranched alkanes of at least 4 members (excludes halogenated alkanes) is 1. The van der Waals surface area contributed by atoms with Crippen molar-refractivity contribution in [2.45, 2.75) is 70.5 Å². The minimum Gasteiger partial charge on any atom is -0.487 e. The van der Waals surface area contributed by atoms with Crippen molar-refractivity contribution in [3.63, 3.8) is 0 Å². The summed E-state index contributed by atoms with van der Waals surface area (Å²) in [6.45, 7) is 2.91. The van der Waals surface area contributed by atoms with Crippen LogP contribution in [0.15, 0.2) is 54.6 Å². The molecule has 0 aromatic heterocycles. The number of benzene rings is 1. The number of alkyl halides is 2. The van der Waals surface area contributed by atoms with Gasteiger partial charge in [0.1, 0.15) is 5.75 Å². The molecule has 2 rings (SSSR count). The summed E-state index contributed by atoms with van der Waals surface area (Å²) in [5.74, 6) is -3.07. The lowest BCUT2D eigenvalue weighted by Crippen LogP contribution is -2.24. The zero-order valence-corrected chi connectivity index (χ0v) is 18.4. The monoisotopic (exact) mass is 436 g/mol.